The number of ether oxygens (including phenoxy) is 1. The lowest BCUT2D eigenvalue weighted by molar-refractivity contribution is 0.0321. The first-order valence-electron chi connectivity index (χ1n) is 5.97. The summed E-state index contributed by atoms with van der Waals surface area (Å²) in [5.74, 6) is 0.0118. The van der Waals surface area contributed by atoms with Gasteiger partial charge >= 0.3 is 0 Å². The molecule has 1 N–H and O–H groups in total. The molecular formula is C13H21FN2O. The molecule has 17 heavy (non-hydrogen) atoms. The SMILES string of the molecule is CCNC(c1ccncc1F)C(OC)C(C)C. The third-order valence-corrected chi connectivity index (χ3v) is 2.82. The quantitative estimate of drug-likeness (QED) is 0.829. The molecule has 4 heteroatoms. The van der Waals surface area contributed by atoms with Gasteiger partial charge in [-0.3, -0.25) is 4.98 Å². The summed E-state index contributed by atoms with van der Waals surface area (Å²) in [6.45, 7) is 6.90. The molecule has 0 saturated carbocycles. The van der Waals surface area contributed by atoms with Gasteiger partial charge in [-0.1, -0.05) is 20.8 Å². The zero-order valence-electron chi connectivity index (χ0n) is 10.9. The van der Waals surface area contributed by atoms with Gasteiger partial charge in [-0.25, -0.2) is 4.39 Å². The molecule has 0 radical (unpaired) electrons. The first kappa shape index (κ1) is 14.1. The van der Waals surface area contributed by atoms with E-state index in [2.05, 4.69) is 24.1 Å². The van der Waals surface area contributed by atoms with E-state index >= 15 is 0 Å². The van der Waals surface area contributed by atoms with Crippen LogP contribution in [-0.2, 0) is 4.74 Å². The van der Waals surface area contributed by atoms with Crippen LogP contribution in [0.4, 0.5) is 4.39 Å². The van der Waals surface area contributed by atoms with Gasteiger partial charge in [0.1, 0.15) is 5.82 Å². The maximum atomic E-state index is 13.8. The Morgan fingerprint density at radius 3 is 2.65 bits per heavy atom. The molecule has 2 atom stereocenters. The van der Waals surface area contributed by atoms with E-state index in [0.717, 1.165) is 6.54 Å². The molecule has 1 aromatic heterocycles. The fourth-order valence-corrected chi connectivity index (χ4v) is 2.05. The number of nitrogens with one attached hydrogen (secondary N) is 1. The van der Waals surface area contributed by atoms with E-state index in [1.807, 2.05) is 6.92 Å². The highest BCUT2D eigenvalue weighted by molar-refractivity contribution is 5.19. The highest BCUT2D eigenvalue weighted by Gasteiger charge is 2.27. The normalized spacial score (nSPS) is 14.9. The maximum Gasteiger partial charge on any atom is 0.146 e. The van der Waals surface area contributed by atoms with Gasteiger partial charge in [0.25, 0.3) is 0 Å². The van der Waals surface area contributed by atoms with E-state index in [-0.39, 0.29) is 18.0 Å². The van der Waals surface area contributed by atoms with E-state index in [4.69, 9.17) is 4.74 Å². The third-order valence-electron chi connectivity index (χ3n) is 2.82. The summed E-state index contributed by atoms with van der Waals surface area (Å²) in [6, 6.07) is 1.56. The van der Waals surface area contributed by atoms with Crippen molar-refractivity contribution in [3.05, 3.63) is 29.8 Å². The minimum Gasteiger partial charge on any atom is -0.379 e. The summed E-state index contributed by atoms with van der Waals surface area (Å²) < 4.78 is 19.3. The van der Waals surface area contributed by atoms with Crippen LogP contribution in [-0.4, -0.2) is 24.7 Å². The van der Waals surface area contributed by atoms with Crippen LogP contribution >= 0.6 is 0 Å². The molecule has 0 aliphatic carbocycles. The van der Waals surface area contributed by atoms with Gasteiger partial charge in [0.05, 0.1) is 18.3 Å². The molecule has 0 aliphatic heterocycles. The second kappa shape index (κ2) is 6.67. The average Bonchev–Trinajstić information content (AvgIpc) is 2.29. The summed E-state index contributed by atoms with van der Waals surface area (Å²) >= 11 is 0. The van der Waals surface area contributed by atoms with Crippen molar-refractivity contribution in [1.29, 1.82) is 0 Å². The van der Waals surface area contributed by atoms with Gasteiger partial charge in [-0.15, -0.1) is 0 Å². The number of hydrogen-bond acceptors (Lipinski definition) is 3. The van der Waals surface area contributed by atoms with Crippen molar-refractivity contribution in [2.24, 2.45) is 5.92 Å². The van der Waals surface area contributed by atoms with Crippen molar-refractivity contribution < 1.29 is 9.13 Å². The predicted octanol–water partition coefficient (Wildman–Crippen LogP) is 2.54. The Bertz CT molecular complexity index is 344. The Balaban J connectivity index is 3.03. The summed E-state index contributed by atoms with van der Waals surface area (Å²) in [4.78, 5) is 3.77. The van der Waals surface area contributed by atoms with Gasteiger partial charge in [0.15, 0.2) is 0 Å². The first-order chi connectivity index (χ1) is 8.11. The van der Waals surface area contributed by atoms with E-state index in [1.165, 1.54) is 6.20 Å². The molecular weight excluding hydrogens is 219 g/mol. The van der Waals surface area contributed by atoms with Crippen molar-refractivity contribution >= 4 is 0 Å². The topological polar surface area (TPSA) is 34.2 Å². The molecule has 0 fully saturated rings. The fraction of sp³-hybridized carbons (Fsp3) is 0.615. The minimum atomic E-state index is -0.291. The summed E-state index contributed by atoms with van der Waals surface area (Å²) in [5, 5.41) is 3.28. The van der Waals surface area contributed by atoms with Crippen LogP contribution in [0, 0.1) is 11.7 Å². The van der Waals surface area contributed by atoms with Crippen LogP contribution in [0.5, 0.6) is 0 Å². The van der Waals surface area contributed by atoms with E-state index < -0.39 is 0 Å². The van der Waals surface area contributed by atoms with E-state index in [9.17, 15) is 4.39 Å². The van der Waals surface area contributed by atoms with Crippen molar-refractivity contribution in [3.8, 4) is 0 Å². The van der Waals surface area contributed by atoms with Crippen LogP contribution in [0.1, 0.15) is 32.4 Å². The number of likely N-dealkylation sites (N-methyl/N-ethyl adjacent to an activating group) is 1. The number of pyridine rings is 1. The molecule has 0 aromatic carbocycles. The van der Waals surface area contributed by atoms with Crippen LogP contribution in [0.2, 0.25) is 0 Å². The zero-order chi connectivity index (χ0) is 12.8. The fourth-order valence-electron chi connectivity index (χ4n) is 2.05. The molecule has 96 valence electrons. The van der Waals surface area contributed by atoms with Crippen molar-refractivity contribution in [2.75, 3.05) is 13.7 Å². The lowest BCUT2D eigenvalue weighted by Crippen LogP contribution is -2.37. The number of rotatable bonds is 6. The van der Waals surface area contributed by atoms with Crippen LogP contribution < -0.4 is 5.32 Å². The van der Waals surface area contributed by atoms with Gasteiger partial charge < -0.3 is 10.1 Å². The van der Waals surface area contributed by atoms with Crippen LogP contribution in [0.3, 0.4) is 0 Å². The Labute approximate surface area is 102 Å². The van der Waals surface area contributed by atoms with Gasteiger partial charge in [-0.05, 0) is 18.5 Å². The van der Waals surface area contributed by atoms with Crippen LogP contribution in [0.25, 0.3) is 0 Å². The monoisotopic (exact) mass is 240 g/mol. The van der Waals surface area contributed by atoms with Crippen molar-refractivity contribution in [3.63, 3.8) is 0 Å². The molecule has 0 saturated heterocycles. The van der Waals surface area contributed by atoms with E-state index in [0.29, 0.717) is 11.5 Å². The Morgan fingerprint density at radius 2 is 2.18 bits per heavy atom. The lowest BCUT2D eigenvalue weighted by atomic mass is 9.93. The molecule has 1 heterocycles. The number of aromatic nitrogens is 1. The van der Waals surface area contributed by atoms with E-state index in [1.54, 1.807) is 19.4 Å². The molecule has 2 unspecified atom stereocenters. The molecule has 0 amide bonds. The summed E-state index contributed by atoms with van der Waals surface area (Å²) in [5.41, 5.74) is 0.613. The first-order valence-corrected chi connectivity index (χ1v) is 5.97. The number of hydrogen-bond donors (Lipinski definition) is 1. The standard InChI is InChI=1S/C13H21FN2O/c1-5-16-12(13(17-4)9(2)3)10-6-7-15-8-11(10)14/h6-9,12-13,16H,5H2,1-4H3. The summed E-state index contributed by atoms with van der Waals surface area (Å²) in [6.07, 6.45) is 2.79. The van der Waals surface area contributed by atoms with Crippen molar-refractivity contribution in [2.45, 2.75) is 32.9 Å². The van der Waals surface area contributed by atoms with Gasteiger partial charge in [-0.2, -0.15) is 0 Å². The second-order valence-electron chi connectivity index (χ2n) is 4.38. The average molecular weight is 240 g/mol. The highest BCUT2D eigenvalue weighted by Crippen LogP contribution is 2.25. The third kappa shape index (κ3) is 3.48. The minimum absolute atomic E-state index is 0.0631. The Kier molecular flexibility index (Phi) is 5.51. The molecule has 3 nitrogen and oxygen atoms in total. The molecule has 0 aliphatic rings. The zero-order valence-corrected chi connectivity index (χ0v) is 10.9. The smallest absolute Gasteiger partial charge is 0.146 e. The molecule has 1 aromatic rings. The molecule has 0 bridgehead atoms. The number of nitrogens with zero attached hydrogens (tertiary/aromatic N) is 1. The molecule has 1 rings (SSSR count). The number of methoxy groups -OCH3 is 1. The van der Waals surface area contributed by atoms with Crippen LogP contribution in [0.15, 0.2) is 18.5 Å². The van der Waals surface area contributed by atoms with Gasteiger partial charge in [0.2, 0.25) is 0 Å². The predicted molar refractivity (Wildman–Crippen MR) is 66.2 cm³/mol. The Morgan fingerprint density at radius 1 is 1.47 bits per heavy atom. The maximum absolute atomic E-state index is 13.8. The lowest BCUT2D eigenvalue weighted by Gasteiger charge is -2.30. The number of halogens is 1. The second-order valence-corrected chi connectivity index (χ2v) is 4.38. The van der Waals surface area contributed by atoms with Gasteiger partial charge in [0, 0.05) is 18.9 Å². The largest absolute Gasteiger partial charge is 0.379 e. The molecule has 0 spiro atoms. The summed E-state index contributed by atoms with van der Waals surface area (Å²) in [7, 11) is 1.66. The Hall–Kier alpha value is -1.00. The highest BCUT2D eigenvalue weighted by atomic mass is 19.1. The van der Waals surface area contributed by atoms with Crippen molar-refractivity contribution in [1.82, 2.24) is 10.3 Å².